The Labute approximate surface area is 182 Å². The summed E-state index contributed by atoms with van der Waals surface area (Å²) in [6.45, 7) is 6.65. The highest BCUT2D eigenvalue weighted by Crippen LogP contribution is 2.30. The molecule has 0 amide bonds. The van der Waals surface area contributed by atoms with Gasteiger partial charge in [-0.05, 0) is 41.4 Å². The summed E-state index contributed by atoms with van der Waals surface area (Å²) < 4.78 is 11.9. The third-order valence-electron chi connectivity index (χ3n) is 5.93. The van der Waals surface area contributed by atoms with E-state index < -0.39 is 8.32 Å². The molecule has 0 fully saturated rings. The molecule has 0 heterocycles. The highest BCUT2D eigenvalue weighted by atomic mass is 28.4. The van der Waals surface area contributed by atoms with Gasteiger partial charge in [-0.1, -0.05) is 75.4 Å². The largest absolute Gasteiger partial charge is 0.497 e. The van der Waals surface area contributed by atoms with Crippen LogP contribution in [0.3, 0.4) is 0 Å². The Morgan fingerprint density at radius 1 is 1.00 bits per heavy atom. The van der Waals surface area contributed by atoms with Crippen molar-refractivity contribution in [3.63, 3.8) is 0 Å². The lowest BCUT2D eigenvalue weighted by Gasteiger charge is -2.37. The number of likely N-dealkylation sites (N-methyl/N-ethyl adjacent to an activating group) is 1. The first-order valence-electron chi connectivity index (χ1n) is 10.7. The molecule has 2 aromatic carbocycles. The molecule has 0 spiro atoms. The Kier molecular flexibility index (Phi) is 9.32. The number of rotatable bonds is 11. The van der Waals surface area contributed by atoms with Gasteiger partial charge >= 0.3 is 0 Å². The van der Waals surface area contributed by atoms with Gasteiger partial charge in [0.1, 0.15) is 5.75 Å². The molecule has 5 heteroatoms. The summed E-state index contributed by atoms with van der Waals surface area (Å²) >= 11 is 0. The van der Waals surface area contributed by atoms with Gasteiger partial charge in [0.05, 0.1) is 25.1 Å². The number of ether oxygens (including phenoxy) is 1. The smallest absolute Gasteiger partial charge is 0.220 e. The van der Waals surface area contributed by atoms with Crippen molar-refractivity contribution in [3.05, 3.63) is 71.8 Å². The summed E-state index contributed by atoms with van der Waals surface area (Å²) in [4.78, 5) is 0. The number of hydrogen-bond donors (Lipinski definition) is 0. The summed E-state index contributed by atoms with van der Waals surface area (Å²) in [5.41, 5.74) is 2.06. The van der Waals surface area contributed by atoms with Gasteiger partial charge in [-0.25, -0.2) is 0 Å². The average Bonchev–Trinajstić information content (AvgIpc) is 2.81. The van der Waals surface area contributed by atoms with Crippen LogP contribution in [0, 0.1) is 11.3 Å². The van der Waals surface area contributed by atoms with E-state index in [1.165, 1.54) is 0 Å². The van der Waals surface area contributed by atoms with Crippen LogP contribution in [0.4, 0.5) is 0 Å². The molecule has 0 N–H and O–H groups in total. The fourth-order valence-corrected chi connectivity index (χ4v) is 6.31. The average molecular weight is 423 g/mol. The molecule has 2 aromatic rings. The Morgan fingerprint density at radius 3 is 2.10 bits per heavy atom. The van der Waals surface area contributed by atoms with Crippen LogP contribution in [0.2, 0.25) is 18.1 Å². The number of nitrogens with zero attached hydrogens (tertiary/aromatic N) is 2. The van der Waals surface area contributed by atoms with Gasteiger partial charge in [0.25, 0.3) is 0 Å². The van der Waals surface area contributed by atoms with Crippen LogP contribution >= 0.6 is 0 Å². The minimum Gasteiger partial charge on any atom is -0.497 e. The number of benzene rings is 2. The molecule has 30 heavy (non-hydrogen) atoms. The third-order valence-corrected chi connectivity index (χ3v) is 10.5. The highest BCUT2D eigenvalue weighted by Gasteiger charge is 2.35. The summed E-state index contributed by atoms with van der Waals surface area (Å²) in [6, 6.07) is 23.4. The number of hydroxylamine groups is 2. The van der Waals surface area contributed by atoms with Crippen LogP contribution in [-0.2, 0) is 4.53 Å². The predicted octanol–water partition coefficient (Wildman–Crippen LogP) is 6.25. The van der Waals surface area contributed by atoms with Crippen molar-refractivity contribution in [1.29, 1.82) is 5.26 Å². The third kappa shape index (κ3) is 6.05. The van der Waals surface area contributed by atoms with Crippen LogP contribution in [0.15, 0.2) is 60.7 Å². The molecule has 0 aromatic heterocycles. The van der Waals surface area contributed by atoms with Crippen LogP contribution in [-0.4, -0.2) is 33.6 Å². The maximum atomic E-state index is 10.1. The maximum absolute atomic E-state index is 10.1. The standard InChI is InChI=1S/C25H34N2O2Si/c1-6-30(7-2,8-3)29-27(4)25(19-14-21-12-10-9-11-13-21)24(20-26)22-15-17-23(28-5)18-16-22/h9-19,24-25H,6-8H2,1-5H3/b19-14+. The van der Waals surface area contributed by atoms with E-state index in [9.17, 15) is 5.26 Å². The minimum absolute atomic E-state index is 0.208. The highest BCUT2D eigenvalue weighted by molar-refractivity contribution is 6.73. The van der Waals surface area contributed by atoms with Crippen molar-refractivity contribution in [1.82, 2.24) is 5.06 Å². The molecule has 0 aliphatic heterocycles. The summed E-state index contributed by atoms with van der Waals surface area (Å²) in [6.07, 6.45) is 4.17. The zero-order valence-corrected chi connectivity index (χ0v) is 19.8. The second-order valence-electron chi connectivity index (χ2n) is 7.52. The molecule has 0 saturated heterocycles. The summed E-state index contributed by atoms with van der Waals surface area (Å²) in [5.74, 6) is 0.420. The minimum atomic E-state index is -1.86. The molecule has 0 aliphatic rings. The summed E-state index contributed by atoms with van der Waals surface area (Å²) in [5, 5.41) is 12.0. The van der Waals surface area contributed by atoms with Crippen molar-refractivity contribution < 1.29 is 9.26 Å². The van der Waals surface area contributed by atoms with E-state index >= 15 is 0 Å². The molecule has 2 unspecified atom stereocenters. The molecule has 0 saturated carbocycles. The lowest BCUT2D eigenvalue weighted by molar-refractivity contribution is -0.0716. The molecular formula is C25H34N2O2Si. The van der Waals surface area contributed by atoms with Gasteiger partial charge in [0, 0.05) is 7.05 Å². The van der Waals surface area contributed by atoms with Crippen molar-refractivity contribution >= 4 is 14.4 Å². The zero-order chi connectivity index (χ0) is 22.0. The first-order valence-corrected chi connectivity index (χ1v) is 13.2. The van der Waals surface area contributed by atoms with E-state index in [1.807, 2.05) is 54.6 Å². The first kappa shape index (κ1) is 23.9. The van der Waals surface area contributed by atoms with E-state index in [-0.39, 0.29) is 12.0 Å². The monoisotopic (exact) mass is 422 g/mol. The topological polar surface area (TPSA) is 45.5 Å². The summed E-state index contributed by atoms with van der Waals surface area (Å²) in [7, 11) is 1.75. The predicted molar refractivity (Wildman–Crippen MR) is 127 cm³/mol. The van der Waals surface area contributed by atoms with Crippen LogP contribution < -0.4 is 4.74 Å². The lowest BCUT2D eigenvalue weighted by atomic mass is 9.92. The molecule has 2 rings (SSSR count). The van der Waals surface area contributed by atoms with Gasteiger partial charge in [0.2, 0.25) is 8.32 Å². The Balaban J connectivity index is 2.40. The maximum Gasteiger partial charge on any atom is 0.220 e. The van der Waals surface area contributed by atoms with Gasteiger partial charge in [-0.2, -0.15) is 10.3 Å². The van der Waals surface area contributed by atoms with Crippen molar-refractivity contribution in [3.8, 4) is 11.8 Å². The first-order chi connectivity index (χ1) is 14.5. The molecule has 0 radical (unpaired) electrons. The van der Waals surface area contributed by atoms with Crippen molar-refractivity contribution in [2.24, 2.45) is 0 Å². The fourth-order valence-electron chi connectivity index (χ4n) is 3.69. The van der Waals surface area contributed by atoms with Crippen molar-refractivity contribution in [2.45, 2.75) is 50.9 Å². The van der Waals surface area contributed by atoms with E-state index in [1.54, 1.807) is 7.11 Å². The van der Waals surface area contributed by atoms with Gasteiger partial charge in [-0.15, -0.1) is 0 Å². The van der Waals surface area contributed by atoms with E-state index in [4.69, 9.17) is 9.26 Å². The Bertz CT molecular complexity index is 818. The van der Waals surface area contributed by atoms with Gasteiger partial charge < -0.3 is 9.26 Å². The van der Waals surface area contributed by atoms with Crippen molar-refractivity contribution in [2.75, 3.05) is 14.2 Å². The van der Waals surface area contributed by atoms with Gasteiger partial charge in [0.15, 0.2) is 0 Å². The second kappa shape index (κ2) is 11.7. The van der Waals surface area contributed by atoms with E-state index in [2.05, 4.69) is 51.1 Å². The van der Waals surface area contributed by atoms with Crippen LogP contribution in [0.5, 0.6) is 5.75 Å². The molecule has 0 bridgehead atoms. The quantitative estimate of drug-likeness (QED) is 0.317. The number of nitriles is 1. The zero-order valence-electron chi connectivity index (χ0n) is 18.8. The second-order valence-corrected chi connectivity index (χ2v) is 12.2. The molecular weight excluding hydrogens is 388 g/mol. The molecule has 2 atom stereocenters. The molecule has 4 nitrogen and oxygen atoms in total. The van der Waals surface area contributed by atoms with Crippen LogP contribution in [0.1, 0.15) is 37.8 Å². The normalized spacial score (nSPS) is 13.9. The van der Waals surface area contributed by atoms with E-state index in [0.717, 1.165) is 35.0 Å². The van der Waals surface area contributed by atoms with Gasteiger partial charge in [-0.3, -0.25) is 0 Å². The Morgan fingerprint density at radius 2 is 1.60 bits per heavy atom. The lowest BCUT2D eigenvalue weighted by Crippen LogP contribution is -2.46. The molecule has 0 aliphatic carbocycles. The van der Waals surface area contributed by atoms with E-state index in [0.29, 0.717) is 0 Å². The fraction of sp³-hybridized carbons (Fsp3) is 0.400. The SMILES string of the molecule is CC[Si](CC)(CC)ON(C)C(/C=C/c1ccccc1)C(C#N)c1ccc(OC)cc1. The molecule has 160 valence electrons. The van der Waals surface area contributed by atoms with Crippen LogP contribution in [0.25, 0.3) is 6.08 Å². The number of hydrogen-bond acceptors (Lipinski definition) is 4. The Hall–Kier alpha value is -2.39. The number of methoxy groups -OCH3 is 1.